The summed E-state index contributed by atoms with van der Waals surface area (Å²) >= 11 is 0. The number of amides is 2. The van der Waals surface area contributed by atoms with Crippen molar-refractivity contribution in [2.24, 2.45) is 11.1 Å². The van der Waals surface area contributed by atoms with E-state index in [0.717, 1.165) is 0 Å². The van der Waals surface area contributed by atoms with Gasteiger partial charge in [0.15, 0.2) is 11.6 Å². The number of nitrogens with one attached hydrogen (secondary N) is 1. The largest absolute Gasteiger partial charge is 0.485 e. The summed E-state index contributed by atoms with van der Waals surface area (Å²) in [4.78, 5) is 31.0. The monoisotopic (exact) mass is 448 g/mol. The number of halogens is 1. The van der Waals surface area contributed by atoms with Gasteiger partial charge in [0.05, 0.1) is 6.54 Å². The number of ether oxygens (including phenoxy) is 2. The van der Waals surface area contributed by atoms with Gasteiger partial charge in [0, 0.05) is 23.6 Å². The first-order chi connectivity index (χ1) is 16.0. The van der Waals surface area contributed by atoms with Gasteiger partial charge >= 0.3 is 0 Å². The molecular weight excluding hydrogens is 427 g/mol. The SMILES string of the molecule is NC(=O)C1(C(=O)N(c2ccc(F)cc2)c2ccc(Oc3ccnc4c3OCCN4)cc2)CC1. The molecule has 33 heavy (non-hydrogen) atoms. The van der Waals surface area contributed by atoms with Crippen molar-refractivity contribution in [2.45, 2.75) is 12.8 Å². The minimum absolute atomic E-state index is 0.390. The summed E-state index contributed by atoms with van der Waals surface area (Å²) in [6.07, 6.45) is 2.40. The lowest BCUT2D eigenvalue weighted by atomic mass is 10.0. The Balaban J connectivity index is 1.45. The van der Waals surface area contributed by atoms with Gasteiger partial charge in [-0.2, -0.15) is 0 Å². The van der Waals surface area contributed by atoms with E-state index in [1.165, 1.54) is 29.2 Å². The third-order valence-electron chi connectivity index (χ3n) is 5.75. The third-order valence-corrected chi connectivity index (χ3v) is 5.75. The van der Waals surface area contributed by atoms with Crippen molar-refractivity contribution in [1.82, 2.24) is 4.98 Å². The molecule has 8 nitrogen and oxygen atoms in total. The molecule has 168 valence electrons. The van der Waals surface area contributed by atoms with E-state index in [-0.39, 0.29) is 0 Å². The van der Waals surface area contributed by atoms with Gasteiger partial charge in [0.2, 0.25) is 17.6 Å². The highest BCUT2D eigenvalue weighted by molar-refractivity contribution is 6.16. The smallest absolute Gasteiger partial charge is 0.247 e. The Morgan fingerprint density at radius 2 is 1.73 bits per heavy atom. The van der Waals surface area contributed by atoms with Gasteiger partial charge in [-0.25, -0.2) is 9.37 Å². The van der Waals surface area contributed by atoms with Crippen molar-refractivity contribution >= 4 is 29.0 Å². The maximum absolute atomic E-state index is 13.5. The number of aromatic nitrogens is 1. The van der Waals surface area contributed by atoms with Gasteiger partial charge < -0.3 is 20.5 Å². The number of carbonyl (C=O) groups excluding carboxylic acids is 2. The molecule has 5 rings (SSSR count). The zero-order chi connectivity index (χ0) is 23.0. The van der Waals surface area contributed by atoms with Crippen LogP contribution in [0.15, 0.2) is 60.8 Å². The Bertz CT molecular complexity index is 1210. The molecule has 1 aliphatic heterocycles. The van der Waals surface area contributed by atoms with Crippen LogP contribution in [0, 0.1) is 11.2 Å². The van der Waals surface area contributed by atoms with E-state index in [1.807, 2.05) is 0 Å². The van der Waals surface area contributed by atoms with Crippen LogP contribution >= 0.6 is 0 Å². The molecule has 0 bridgehead atoms. The van der Waals surface area contributed by atoms with E-state index in [4.69, 9.17) is 15.2 Å². The van der Waals surface area contributed by atoms with E-state index in [9.17, 15) is 14.0 Å². The van der Waals surface area contributed by atoms with Crippen LogP contribution in [-0.4, -0.2) is 29.9 Å². The number of carbonyl (C=O) groups is 2. The van der Waals surface area contributed by atoms with Gasteiger partial charge in [-0.1, -0.05) is 0 Å². The fourth-order valence-electron chi connectivity index (χ4n) is 3.77. The van der Waals surface area contributed by atoms with Gasteiger partial charge in [-0.15, -0.1) is 0 Å². The van der Waals surface area contributed by atoms with Crippen LogP contribution in [0.2, 0.25) is 0 Å². The Hall–Kier alpha value is -4.14. The number of anilines is 3. The summed E-state index contributed by atoms with van der Waals surface area (Å²) < 4.78 is 25.2. The Morgan fingerprint density at radius 1 is 1.06 bits per heavy atom. The van der Waals surface area contributed by atoms with E-state index < -0.39 is 23.0 Å². The quantitative estimate of drug-likeness (QED) is 0.557. The Labute approximate surface area is 189 Å². The molecule has 3 aromatic rings. The van der Waals surface area contributed by atoms with E-state index in [1.54, 1.807) is 36.5 Å². The van der Waals surface area contributed by atoms with Crippen molar-refractivity contribution in [3.8, 4) is 17.2 Å². The number of pyridine rings is 1. The van der Waals surface area contributed by atoms with Crippen LogP contribution in [0.1, 0.15) is 12.8 Å². The molecule has 0 radical (unpaired) electrons. The number of primary amides is 1. The molecule has 3 N–H and O–H groups in total. The molecule has 1 aromatic heterocycles. The molecule has 0 atom stereocenters. The topological polar surface area (TPSA) is 107 Å². The summed E-state index contributed by atoms with van der Waals surface area (Å²) in [7, 11) is 0. The minimum atomic E-state index is -1.23. The van der Waals surface area contributed by atoms with Gasteiger partial charge in [0.25, 0.3) is 0 Å². The number of nitrogens with zero attached hydrogens (tertiary/aromatic N) is 2. The predicted octanol–water partition coefficient (Wildman–Crippen LogP) is 3.75. The highest BCUT2D eigenvalue weighted by atomic mass is 19.1. The second-order valence-electron chi connectivity index (χ2n) is 7.92. The van der Waals surface area contributed by atoms with Gasteiger partial charge in [-0.3, -0.25) is 14.5 Å². The number of nitrogens with two attached hydrogens (primary N) is 1. The molecule has 0 saturated heterocycles. The summed E-state index contributed by atoms with van der Waals surface area (Å²) in [6, 6.07) is 14.0. The third kappa shape index (κ3) is 3.82. The molecule has 2 heterocycles. The van der Waals surface area contributed by atoms with Crippen LogP contribution in [-0.2, 0) is 9.59 Å². The van der Waals surface area contributed by atoms with Gasteiger partial charge in [0.1, 0.15) is 23.6 Å². The lowest BCUT2D eigenvalue weighted by molar-refractivity contribution is -0.133. The van der Waals surface area contributed by atoms with Crippen LogP contribution in [0.3, 0.4) is 0 Å². The number of hydrogen-bond acceptors (Lipinski definition) is 6. The summed E-state index contributed by atoms with van der Waals surface area (Å²) in [5, 5.41) is 3.15. The number of benzene rings is 2. The zero-order valence-corrected chi connectivity index (χ0v) is 17.6. The normalized spacial score (nSPS) is 15.4. The number of hydrogen-bond donors (Lipinski definition) is 2. The molecule has 1 aliphatic carbocycles. The lowest BCUT2D eigenvalue weighted by Gasteiger charge is -2.26. The molecule has 9 heteroatoms. The van der Waals surface area contributed by atoms with Crippen molar-refractivity contribution in [3.63, 3.8) is 0 Å². The average Bonchev–Trinajstić information content (AvgIpc) is 3.64. The van der Waals surface area contributed by atoms with Crippen LogP contribution < -0.4 is 25.4 Å². The highest BCUT2D eigenvalue weighted by Gasteiger charge is 2.57. The molecule has 1 fully saturated rings. The second kappa shape index (κ2) is 8.09. The minimum Gasteiger partial charge on any atom is -0.485 e. The number of fused-ring (bicyclic) bond motifs is 1. The van der Waals surface area contributed by atoms with Crippen LogP contribution in [0.4, 0.5) is 21.6 Å². The molecule has 1 saturated carbocycles. The number of rotatable bonds is 6. The second-order valence-corrected chi connectivity index (χ2v) is 7.92. The van der Waals surface area contributed by atoms with Crippen LogP contribution in [0.5, 0.6) is 17.2 Å². The van der Waals surface area contributed by atoms with Crippen molar-refractivity contribution in [1.29, 1.82) is 0 Å². The van der Waals surface area contributed by atoms with E-state index in [2.05, 4.69) is 10.3 Å². The fourth-order valence-corrected chi connectivity index (χ4v) is 3.77. The maximum Gasteiger partial charge on any atom is 0.247 e. The predicted molar refractivity (Wildman–Crippen MR) is 119 cm³/mol. The molecule has 2 aliphatic rings. The summed E-state index contributed by atoms with van der Waals surface area (Å²) in [5.41, 5.74) is 5.23. The Kier molecular flexibility index (Phi) is 5.08. The van der Waals surface area contributed by atoms with Gasteiger partial charge in [-0.05, 0) is 61.4 Å². The highest BCUT2D eigenvalue weighted by Crippen LogP contribution is 2.49. The lowest BCUT2D eigenvalue weighted by Crippen LogP contribution is -2.41. The fraction of sp³-hybridized carbons (Fsp3) is 0.208. The van der Waals surface area contributed by atoms with E-state index >= 15 is 0 Å². The molecule has 0 spiro atoms. The van der Waals surface area contributed by atoms with Crippen LogP contribution in [0.25, 0.3) is 0 Å². The standard InChI is InChI=1S/C24H21FN4O4/c25-15-1-3-16(4-2-15)29(23(31)24(10-11-24)22(26)30)17-5-7-18(8-6-17)33-19-9-12-27-21-20(19)32-14-13-28-21/h1-9,12H,10-11,13-14H2,(H2,26,30)(H,27,28). The molecular formula is C24H21FN4O4. The first-order valence-electron chi connectivity index (χ1n) is 10.5. The summed E-state index contributed by atoms with van der Waals surface area (Å²) in [6.45, 7) is 1.17. The first kappa shape index (κ1) is 20.7. The van der Waals surface area contributed by atoms with E-state index in [0.29, 0.717) is 60.4 Å². The first-order valence-corrected chi connectivity index (χ1v) is 10.5. The van der Waals surface area contributed by atoms with Crippen molar-refractivity contribution in [3.05, 3.63) is 66.6 Å². The summed E-state index contributed by atoms with van der Waals surface area (Å²) in [5.74, 6) is 0.663. The maximum atomic E-state index is 13.5. The average molecular weight is 448 g/mol. The van der Waals surface area contributed by atoms with Crippen molar-refractivity contribution in [2.75, 3.05) is 23.4 Å². The zero-order valence-electron chi connectivity index (χ0n) is 17.6. The molecule has 2 aromatic carbocycles. The Morgan fingerprint density at radius 3 is 2.36 bits per heavy atom. The molecule has 2 amide bonds. The van der Waals surface area contributed by atoms with Crippen molar-refractivity contribution < 1.29 is 23.5 Å². The molecule has 0 unspecified atom stereocenters.